The lowest BCUT2D eigenvalue weighted by Crippen LogP contribution is -2.34. The van der Waals surface area contributed by atoms with Crippen molar-refractivity contribution in [2.75, 3.05) is 0 Å². The zero-order chi connectivity index (χ0) is 9.35. The molecule has 1 aromatic heterocycles. The molecule has 3 nitrogen and oxygen atoms in total. The van der Waals surface area contributed by atoms with Gasteiger partial charge >= 0.3 is 0 Å². The van der Waals surface area contributed by atoms with Crippen molar-refractivity contribution in [3.8, 4) is 0 Å². The molecule has 0 bridgehead atoms. The highest BCUT2D eigenvalue weighted by Crippen LogP contribution is 2.09. The first-order valence-corrected chi connectivity index (χ1v) is 3.97. The average Bonchev–Trinajstić information content (AvgIpc) is 1.92. The Hall–Kier alpha value is -1.12. The summed E-state index contributed by atoms with van der Waals surface area (Å²) in [7, 11) is 0. The van der Waals surface area contributed by atoms with Gasteiger partial charge < -0.3 is 4.57 Å². The van der Waals surface area contributed by atoms with Crippen molar-refractivity contribution in [3.63, 3.8) is 0 Å². The summed E-state index contributed by atoms with van der Waals surface area (Å²) in [6.07, 6.45) is 3.37. The van der Waals surface area contributed by atoms with Crippen molar-refractivity contribution in [3.05, 3.63) is 28.4 Å². The van der Waals surface area contributed by atoms with Crippen molar-refractivity contribution in [2.45, 2.75) is 33.2 Å². The van der Waals surface area contributed by atoms with E-state index in [2.05, 4.69) is 4.98 Å². The molecule has 0 radical (unpaired) electrons. The molecule has 1 rings (SSSR count). The van der Waals surface area contributed by atoms with E-state index in [1.165, 1.54) is 0 Å². The second kappa shape index (κ2) is 2.73. The fourth-order valence-corrected chi connectivity index (χ4v) is 1.04. The third-order valence-corrected chi connectivity index (χ3v) is 1.73. The Morgan fingerprint density at radius 1 is 1.42 bits per heavy atom. The van der Waals surface area contributed by atoms with E-state index >= 15 is 0 Å². The first-order chi connectivity index (χ1) is 5.43. The minimum absolute atomic E-state index is 0.00926. The predicted molar refractivity (Wildman–Crippen MR) is 48.2 cm³/mol. The fourth-order valence-electron chi connectivity index (χ4n) is 1.04. The molecule has 12 heavy (non-hydrogen) atoms. The molecule has 0 saturated carbocycles. The largest absolute Gasteiger partial charge is 0.307 e. The fraction of sp³-hybridized carbons (Fsp3) is 0.556. The molecule has 0 unspecified atom stereocenters. The Bertz CT molecular complexity index is 333. The summed E-state index contributed by atoms with van der Waals surface area (Å²) < 4.78 is 1.69. The summed E-state index contributed by atoms with van der Waals surface area (Å²) in [6, 6.07) is 0. The molecule has 1 aromatic rings. The second-order valence-electron chi connectivity index (χ2n) is 3.86. The zero-order valence-corrected chi connectivity index (χ0v) is 7.96. The van der Waals surface area contributed by atoms with Crippen LogP contribution in [0.3, 0.4) is 0 Å². The number of aryl methyl sites for hydroxylation is 1. The van der Waals surface area contributed by atoms with Gasteiger partial charge in [-0.15, -0.1) is 0 Å². The van der Waals surface area contributed by atoms with Gasteiger partial charge in [-0.05, 0) is 27.7 Å². The lowest BCUT2D eigenvalue weighted by atomic mass is 10.1. The maximum Gasteiger partial charge on any atom is 0.272 e. The topological polar surface area (TPSA) is 34.9 Å². The van der Waals surface area contributed by atoms with Crippen LogP contribution in [0.15, 0.2) is 17.2 Å². The molecule has 0 atom stereocenters. The highest BCUT2D eigenvalue weighted by atomic mass is 16.1. The standard InChI is InChI=1S/C9H14N2O/c1-7-8(12)11(6-5-10-7)9(2,3)4/h5-6H,1-4H3. The van der Waals surface area contributed by atoms with Crippen LogP contribution in [-0.4, -0.2) is 9.55 Å². The third-order valence-electron chi connectivity index (χ3n) is 1.73. The first-order valence-electron chi connectivity index (χ1n) is 3.97. The molecular weight excluding hydrogens is 152 g/mol. The minimum atomic E-state index is -0.162. The highest BCUT2D eigenvalue weighted by Gasteiger charge is 2.14. The normalized spacial score (nSPS) is 11.7. The summed E-state index contributed by atoms with van der Waals surface area (Å²) in [5, 5.41) is 0. The minimum Gasteiger partial charge on any atom is -0.307 e. The van der Waals surface area contributed by atoms with E-state index in [0.717, 1.165) is 0 Å². The quantitative estimate of drug-likeness (QED) is 0.582. The lowest BCUT2D eigenvalue weighted by molar-refractivity contribution is 0.381. The number of hydrogen-bond acceptors (Lipinski definition) is 2. The molecule has 0 aromatic carbocycles. The SMILES string of the molecule is Cc1nccn(C(C)(C)C)c1=O. The summed E-state index contributed by atoms with van der Waals surface area (Å²) in [5.41, 5.74) is 0.377. The van der Waals surface area contributed by atoms with Gasteiger partial charge in [-0.2, -0.15) is 0 Å². The molecule has 1 heterocycles. The van der Waals surface area contributed by atoms with Gasteiger partial charge in [-0.3, -0.25) is 9.78 Å². The molecule has 0 aliphatic carbocycles. The van der Waals surface area contributed by atoms with Crippen LogP contribution >= 0.6 is 0 Å². The number of aromatic nitrogens is 2. The third kappa shape index (κ3) is 1.55. The van der Waals surface area contributed by atoms with E-state index in [0.29, 0.717) is 5.69 Å². The Balaban J connectivity index is 3.37. The van der Waals surface area contributed by atoms with Crippen LogP contribution in [0.1, 0.15) is 26.5 Å². The molecule has 66 valence electrons. The van der Waals surface area contributed by atoms with Gasteiger partial charge in [0.2, 0.25) is 0 Å². The Morgan fingerprint density at radius 3 is 2.42 bits per heavy atom. The van der Waals surface area contributed by atoms with Crippen molar-refractivity contribution in [1.29, 1.82) is 0 Å². The maximum absolute atomic E-state index is 11.5. The van der Waals surface area contributed by atoms with E-state index < -0.39 is 0 Å². The zero-order valence-electron chi connectivity index (χ0n) is 7.96. The van der Waals surface area contributed by atoms with Crippen LogP contribution in [0, 0.1) is 6.92 Å². The van der Waals surface area contributed by atoms with Crippen LogP contribution in [0.5, 0.6) is 0 Å². The van der Waals surface area contributed by atoms with Crippen LogP contribution in [0.25, 0.3) is 0 Å². The summed E-state index contributed by atoms with van der Waals surface area (Å²) in [6.45, 7) is 7.71. The van der Waals surface area contributed by atoms with E-state index in [1.807, 2.05) is 20.8 Å². The van der Waals surface area contributed by atoms with Crippen LogP contribution in [0.2, 0.25) is 0 Å². The molecule has 0 aliphatic heterocycles. The number of rotatable bonds is 0. The van der Waals surface area contributed by atoms with E-state index in [1.54, 1.807) is 23.9 Å². The second-order valence-corrected chi connectivity index (χ2v) is 3.86. The van der Waals surface area contributed by atoms with Crippen LogP contribution < -0.4 is 5.56 Å². The molecular formula is C9H14N2O. The van der Waals surface area contributed by atoms with Crippen LogP contribution in [-0.2, 0) is 5.54 Å². The van der Waals surface area contributed by atoms with Crippen LogP contribution in [0.4, 0.5) is 0 Å². The Kier molecular flexibility index (Phi) is 2.04. The molecule has 3 heteroatoms. The highest BCUT2D eigenvalue weighted by molar-refractivity contribution is 4.97. The summed E-state index contributed by atoms with van der Waals surface area (Å²) in [5.74, 6) is 0. The van der Waals surface area contributed by atoms with Gasteiger partial charge in [-0.25, -0.2) is 0 Å². The van der Waals surface area contributed by atoms with Gasteiger partial charge in [0.05, 0.1) is 0 Å². The predicted octanol–water partition coefficient (Wildman–Crippen LogP) is 1.31. The van der Waals surface area contributed by atoms with Gasteiger partial charge in [-0.1, -0.05) is 0 Å². The number of hydrogen-bond donors (Lipinski definition) is 0. The smallest absolute Gasteiger partial charge is 0.272 e. The molecule has 0 saturated heterocycles. The van der Waals surface area contributed by atoms with E-state index in [9.17, 15) is 4.79 Å². The van der Waals surface area contributed by atoms with Crippen molar-refractivity contribution in [1.82, 2.24) is 9.55 Å². The maximum atomic E-state index is 11.5. The molecule has 0 aliphatic rings. The Morgan fingerprint density at radius 2 is 2.00 bits per heavy atom. The molecule has 0 spiro atoms. The molecule has 0 N–H and O–H groups in total. The average molecular weight is 166 g/mol. The van der Waals surface area contributed by atoms with Crippen molar-refractivity contribution < 1.29 is 0 Å². The van der Waals surface area contributed by atoms with Crippen molar-refractivity contribution in [2.24, 2.45) is 0 Å². The Labute approximate surface area is 72.1 Å². The number of nitrogens with zero attached hydrogens (tertiary/aromatic N) is 2. The monoisotopic (exact) mass is 166 g/mol. The van der Waals surface area contributed by atoms with Gasteiger partial charge in [0.25, 0.3) is 5.56 Å². The summed E-state index contributed by atoms with van der Waals surface area (Å²) in [4.78, 5) is 15.4. The van der Waals surface area contributed by atoms with E-state index in [4.69, 9.17) is 0 Å². The molecule has 0 fully saturated rings. The lowest BCUT2D eigenvalue weighted by Gasteiger charge is -2.21. The van der Waals surface area contributed by atoms with E-state index in [-0.39, 0.29) is 11.1 Å². The van der Waals surface area contributed by atoms with Gasteiger partial charge in [0.15, 0.2) is 0 Å². The molecule has 0 amide bonds. The first kappa shape index (κ1) is 8.97. The summed E-state index contributed by atoms with van der Waals surface area (Å²) >= 11 is 0. The van der Waals surface area contributed by atoms with Gasteiger partial charge in [0, 0.05) is 17.9 Å². The van der Waals surface area contributed by atoms with Crippen molar-refractivity contribution >= 4 is 0 Å². The van der Waals surface area contributed by atoms with Gasteiger partial charge in [0.1, 0.15) is 5.69 Å².